The highest BCUT2D eigenvalue weighted by molar-refractivity contribution is 5.94. The van der Waals surface area contributed by atoms with Gasteiger partial charge in [0.2, 0.25) is 0 Å². The Morgan fingerprint density at radius 2 is 1.83 bits per heavy atom. The van der Waals surface area contributed by atoms with E-state index in [1.807, 2.05) is 36.1 Å². The first kappa shape index (κ1) is 13.1. The van der Waals surface area contributed by atoms with Crippen molar-refractivity contribution < 1.29 is 9.53 Å². The summed E-state index contributed by atoms with van der Waals surface area (Å²) in [7, 11) is 0. The van der Waals surface area contributed by atoms with E-state index < -0.39 is 0 Å². The van der Waals surface area contributed by atoms with Crippen LogP contribution in [0.4, 0.5) is 0 Å². The Hall–Kier alpha value is -1.35. The molecule has 1 saturated heterocycles. The molecule has 98 valence electrons. The highest BCUT2D eigenvalue weighted by atomic mass is 16.5. The number of ether oxygens (including phenoxy) is 1. The smallest absolute Gasteiger partial charge is 0.253 e. The molecule has 1 aromatic rings. The van der Waals surface area contributed by atoms with Crippen molar-refractivity contribution in [3.63, 3.8) is 0 Å². The van der Waals surface area contributed by atoms with Gasteiger partial charge in [-0.05, 0) is 43.9 Å². The summed E-state index contributed by atoms with van der Waals surface area (Å²) in [5, 5.41) is 0. The average molecular weight is 247 g/mol. The Bertz CT molecular complexity index is 380. The molecule has 1 aliphatic heterocycles. The highest BCUT2D eigenvalue weighted by Gasteiger charge is 2.17. The van der Waals surface area contributed by atoms with Crippen molar-refractivity contribution >= 4 is 5.91 Å². The summed E-state index contributed by atoms with van der Waals surface area (Å²) in [4.78, 5) is 14.2. The predicted octanol–water partition coefficient (Wildman–Crippen LogP) is 2.85. The fraction of sp³-hybridized carbons (Fsp3) is 0.533. The van der Waals surface area contributed by atoms with E-state index in [1.165, 1.54) is 6.42 Å². The maximum absolute atomic E-state index is 12.2. The molecule has 1 fully saturated rings. The average Bonchev–Trinajstić information content (AvgIpc) is 2.46. The SMILES string of the molecule is CCOCc1ccc(C(=O)N2CCCCC2)cc1. The topological polar surface area (TPSA) is 29.5 Å². The van der Waals surface area contributed by atoms with E-state index in [1.54, 1.807) is 0 Å². The van der Waals surface area contributed by atoms with E-state index in [-0.39, 0.29) is 5.91 Å². The molecule has 3 heteroatoms. The van der Waals surface area contributed by atoms with Crippen LogP contribution >= 0.6 is 0 Å². The van der Waals surface area contributed by atoms with Gasteiger partial charge in [0.05, 0.1) is 6.61 Å². The molecule has 0 bridgehead atoms. The van der Waals surface area contributed by atoms with Crippen molar-refractivity contribution in [1.29, 1.82) is 0 Å². The highest BCUT2D eigenvalue weighted by Crippen LogP contribution is 2.14. The molecule has 1 aliphatic rings. The van der Waals surface area contributed by atoms with Gasteiger partial charge in [-0.1, -0.05) is 12.1 Å². The molecule has 0 saturated carbocycles. The third-order valence-electron chi connectivity index (χ3n) is 3.32. The van der Waals surface area contributed by atoms with Gasteiger partial charge >= 0.3 is 0 Å². The van der Waals surface area contributed by atoms with Crippen LogP contribution in [-0.4, -0.2) is 30.5 Å². The van der Waals surface area contributed by atoms with Crippen molar-refractivity contribution in [2.75, 3.05) is 19.7 Å². The fourth-order valence-electron chi connectivity index (χ4n) is 2.24. The molecule has 0 radical (unpaired) electrons. The molecule has 1 amide bonds. The second-order valence-electron chi connectivity index (χ2n) is 4.69. The maximum atomic E-state index is 12.2. The van der Waals surface area contributed by atoms with E-state index in [2.05, 4.69) is 0 Å². The Kier molecular flexibility index (Phi) is 4.76. The van der Waals surface area contributed by atoms with Crippen LogP contribution in [0.25, 0.3) is 0 Å². The number of amides is 1. The minimum absolute atomic E-state index is 0.164. The summed E-state index contributed by atoms with van der Waals surface area (Å²) >= 11 is 0. The zero-order chi connectivity index (χ0) is 12.8. The number of rotatable bonds is 4. The van der Waals surface area contributed by atoms with Gasteiger partial charge in [-0.2, -0.15) is 0 Å². The quantitative estimate of drug-likeness (QED) is 0.818. The van der Waals surface area contributed by atoms with Gasteiger partial charge in [0.1, 0.15) is 0 Å². The van der Waals surface area contributed by atoms with E-state index in [0.29, 0.717) is 13.2 Å². The van der Waals surface area contributed by atoms with Gasteiger partial charge in [0.15, 0.2) is 0 Å². The van der Waals surface area contributed by atoms with Gasteiger partial charge in [-0.15, -0.1) is 0 Å². The van der Waals surface area contributed by atoms with E-state index in [0.717, 1.165) is 37.1 Å². The number of benzene rings is 1. The van der Waals surface area contributed by atoms with Crippen LogP contribution in [0, 0.1) is 0 Å². The Morgan fingerprint density at radius 1 is 1.17 bits per heavy atom. The van der Waals surface area contributed by atoms with Crippen LogP contribution in [0.1, 0.15) is 42.1 Å². The molecule has 0 atom stereocenters. The van der Waals surface area contributed by atoms with Crippen molar-refractivity contribution in [2.24, 2.45) is 0 Å². The van der Waals surface area contributed by atoms with Crippen LogP contribution in [0.15, 0.2) is 24.3 Å². The first-order valence-corrected chi connectivity index (χ1v) is 6.77. The van der Waals surface area contributed by atoms with Crippen LogP contribution in [0.5, 0.6) is 0 Å². The number of hydrogen-bond donors (Lipinski definition) is 0. The van der Waals surface area contributed by atoms with Crippen LogP contribution in [-0.2, 0) is 11.3 Å². The number of piperidine rings is 1. The normalized spacial score (nSPS) is 15.7. The third-order valence-corrected chi connectivity index (χ3v) is 3.32. The summed E-state index contributed by atoms with van der Waals surface area (Å²) in [5.41, 5.74) is 1.91. The molecular weight excluding hydrogens is 226 g/mol. The molecule has 18 heavy (non-hydrogen) atoms. The van der Waals surface area contributed by atoms with Crippen molar-refractivity contribution in [2.45, 2.75) is 32.8 Å². The Balaban J connectivity index is 1.97. The summed E-state index contributed by atoms with van der Waals surface area (Å²) in [6.07, 6.45) is 3.51. The molecule has 1 heterocycles. The number of likely N-dealkylation sites (tertiary alicyclic amines) is 1. The van der Waals surface area contributed by atoms with Gasteiger partial charge in [-0.3, -0.25) is 4.79 Å². The largest absolute Gasteiger partial charge is 0.377 e. The Morgan fingerprint density at radius 3 is 2.44 bits per heavy atom. The van der Waals surface area contributed by atoms with E-state index in [4.69, 9.17) is 4.74 Å². The predicted molar refractivity (Wildman–Crippen MR) is 71.5 cm³/mol. The van der Waals surface area contributed by atoms with Gasteiger partial charge in [-0.25, -0.2) is 0 Å². The summed E-state index contributed by atoms with van der Waals surface area (Å²) in [6.45, 7) is 5.12. The molecule has 3 nitrogen and oxygen atoms in total. The number of carbonyl (C=O) groups is 1. The molecular formula is C15H21NO2. The zero-order valence-electron chi connectivity index (χ0n) is 11.0. The standard InChI is InChI=1S/C15H21NO2/c1-2-18-12-13-6-8-14(9-7-13)15(17)16-10-4-3-5-11-16/h6-9H,2-5,10-12H2,1H3. The minimum Gasteiger partial charge on any atom is -0.377 e. The monoisotopic (exact) mass is 247 g/mol. The first-order valence-electron chi connectivity index (χ1n) is 6.77. The van der Waals surface area contributed by atoms with Gasteiger partial charge in [0, 0.05) is 25.3 Å². The van der Waals surface area contributed by atoms with Gasteiger partial charge < -0.3 is 9.64 Å². The van der Waals surface area contributed by atoms with Gasteiger partial charge in [0.25, 0.3) is 5.91 Å². The lowest BCUT2D eigenvalue weighted by atomic mass is 10.1. The van der Waals surface area contributed by atoms with Crippen LogP contribution in [0.3, 0.4) is 0 Å². The second-order valence-corrected chi connectivity index (χ2v) is 4.69. The van der Waals surface area contributed by atoms with E-state index in [9.17, 15) is 4.79 Å². The third kappa shape index (κ3) is 3.33. The fourth-order valence-corrected chi connectivity index (χ4v) is 2.24. The van der Waals surface area contributed by atoms with Crippen molar-refractivity contribution in [3.05, 3.63) is 35.4 Å². The molecule has 1 aromatic carbocycles. The molecule has 0 unspecified atom stereocenters. The number of nitrogens with zero attached hydrogens (tertiary/aromatic N) is 1. The molecule has 0 spiro atoms. The van der Waals surface area contributed by atoms with Crippen molar-refractivity contribution in [1.82, 2.24) is 4.90 Å². The summed E-state index contributed by atoms with van der Waals surface area (Å²) in [6, 6.07) is 7.77. The molecule has 0 N–H and O–H groups in total. The first-order chi connectivity index (χ1) is 8.81. The lowest BCUT2D eigenvalue weighted by Crippen LogP contribution is -2.35. The lowest BCUT2D eigenvalue weighted by molar-refractivity contribution is 0.0724. The lowest BCUT2D eigenvalue weighted by Gasteiger charge is -2.26. The molecule has 0 aromatic heterocycles. The molecule has 2 rings (SSSR count). The summed E-state index contributed by atoms with van der Waals surface area (Å²) in [5.74, 6) is 0.164. The maximum Gasteiger partial charge on any atom is 0.253 e. The van der Waals surface area contributed by atoms with E-state index >= 15 is 0 Å². The summed E-state index contributed by atoms with van der Waals surface area (Å²) < 4.78 is 5.34. The van der Waals surface area contributed by atoms with Crippen molar-refractivity contribution in [3.8, 4) is 0 Å². The van der Waals surface area contributed by atoms with Crippen LogP contribution in [0.2, 0.25) is 0 Å². The van der Waals surface area contributed by atoms with Crippen LogP contribution < -0.4 is 0 Å². The Labute approximate surface area is 109 Å². The zero-order valence-corrected chi connectivity index (χ0v) is 11.0. The minimum atomic E-state index is 0.164. The second kappa shape index (κ2) is 6.55. The molecule has 0 aliphatic carbocycles. The number of carbonyl (C=O) groups excluding carboxylic acids is 1. The number of hydrogen-bond acceptors (Lipinski definition) is 2.